The van der Waals surface area contributed by atoms with E-state index in [-0.39, 0.29) is 23.6 Å². The minimum atomic E-state index is -0.170. The third-order valence-electron chi connectivity index (χ3n) is 4.53. The maximum absolute atomic E-state index is 12.4. The third-order valence-corrected chi connectivity index (χ3v) is 4.53. The second kappa shape index (κ2) is 7.86. The van der Waals surface area contributed by atoms with Crippen LogP contribution in [-0.4, -0.2) is 42.8 Å². The Morgan fingerprint density at radius 1 is 1.08 bits per heavy atom. The molecule has 1 aliphatic rings. The lowest BCUT2D eigenvalue weighted by Gasteiger charge is -2.30. The summed E-state index contributed by atoms with van der Waals surface area (Å²) in [6, 6.07) is 10.1. The third kappa shape index (κ3) is 3.93. The molecule has 0 radical (unpaired) electrons. The predicted molar refractivity (Wildman–Crippen MR) is 95.8 cm³/mol. The van der Waals surface area contributed by atoms with Gasteiger partial charge in [0.05, 0.1) is 6.26 Å². The normalized spacial score (nSPS) is 14.7. The number of rotatable bonds is 4. The highest BCUT2D eigenvalue weighted by Crippen LogP contribution is 2.21. The van der Waals surface area contributed by atoms with Crippen LogP contribution >= 0.6 is 0 Å². The average molecular weight is 355 g/mol. The fourth-order valence-corrected chi connectivity index (χ4v) is 2.99. The van der Waals surface area contributed by atoms with Crippen LogP contribution in [0.2, 0.25) is 0 Å². The summed E-state index contributed by atoms with van der Waals surface area (Å²) < 4.78 is 5.14. The minimum Gasteiger partial charge on any atom is -0.459 e. The van der Waals surface area contributed by atoms with Gasteiger partial charge >= 0.3 is 0 Å². The number of nitrogens with one attached hydrogen (secondary N) is 2. The van der Waals surface area contributed by atoms with Crippen LogP contribution in [0, 0.1) is 5.92 Å². The molecular formula is C19H21N3O4. The molecule has 0 bridgehead atoms. The Balaban J connectivity index is 1.52. The monoisotopic (exact) mass is 355 g/mol. The molecule has 0 aliphatic carbocycles. The van der Waals surface area contributed by atoms with Crippen LogP contribution in [0.15, 0.2) is 47.1 Å². The van der Waals surface area contributed by atoms with Crippen molar-refractivity contribution in [2.24, 2.45) is 5.92 Å². The van der Waals surface area contributed by atoms with Crippen LogP contribution in [-0.2, 0) is 4.79 Å². The first-order valence-corrected chi connectivity index (χ1v) is 8.54. The minimum absolute atomic E-state index is 0.0669. The summed E-state index contributed by atoms with van der Waals surface area (Å²) in [5, 5.41) is 5.43. The molecule has 26 heavy (non-hydrogen) atoms. The lowest BCUT2D eigenvalue weighted by molar-refractivity contribution is -0.121. The number of hydrogen-bond acceptors (Lipinski definition) is 4. The number of nitrogens with zero attached hydrogens (tertiary/aromatic N) is 1. The van der Waals surface area contributed by atoms with Crippen molar-refractivity contribution in [2.45, 2.75) is 12.8 Å². The number of piperidine rings is 1. The lowest BCUT2D eigenvalue weighted by atomic mass is 9.95. The number of anilines is 1. The number of furan rings is 1. The lowest BCUT2D eigenvalue weighted by Crippen LogP contribution is -2.41. The summed E-state index contributed by atoms with van der Waals surface area (Å²) in [6.45, 7) is 1.04. The summed E-state index contributed by atoms with van der Waals surface area (Å²) in [4.78, 5) is 37.9. The standard InChI is InChI=1S/C19H21N3O4/c1-20-17(23)13-4-6-15(7-5-13)21-18(24)14-8-10-22(11-9-14)19(25)16-3-2-12-26-16/h2-7,12,14H,8-11H2,1H3,(H,20,23)(H,21,24). The Morgan fingerprint density at radius 3 is 2.35 bits per heavy atom. The molecule has 2 heterocycles. The second-order valence-corrected chi connectivity index (χ2v) is 6.19. The first-order chi connectivity index (χ1) is 12.6. The number of hydrogen-bond donors (Lipinski definition) is 2. The summed E-state index contributed by atoms with van der Waals surface area (Å²) >= 11 is 0. The SMILES string of the molecule is CNC(=O)c1ccc(NC(=O)C2CCN(C(=O)c3ccco3)CC2)cc1. The molecule has 3 rings (SSSR count). The molecule has 1 aromatic heterocycles. The average Bonchev–Trinajstić information content (AvgIpc) is 3.22. The van der Waals surface area contributed by atoms with E-state index in [1.54, 1.807) is 48.3 Å². The number of benzene rings is 1. The zero-order valence-electron chi connectivity index (χ0n) is 14.5. The van der Waals surface area contributed by atoms with Gasteiger partial charge in [-0.1, -0.05) is 0 Å². The molecule has 0 saturated carbocycles. The highest BCUT2D eigenvalue weighted by molar-refractivity contribution is 5.96. The van der Waals surface area contributed by atoms with Gasteiger partial charge in [0, 0.05) is 37.3 Å². The number of amides is 3. The van der Waals surface area contributed by atoms with Crippen LogP contribution in [0.5, 0.6) is 0 Å². The van der Waals surface area contributed by atoms with E-state index in [4.69, 9.17) is 4.42 Å². The summed E-state index contributed by atoms with van der Waals surface area (Å²) in [5.74, 6) is -0.198. The number of likely N-dealkylation sites (tertiary alicyclic amines) is 1. The van der Waals surface area contributed by atoms with Gasteiger partial charge in [0.1, 0.15) is 0 Å². The summed E-state index contributed by atoms with van der Waals surface area (Å²) in [6.07, 6.45) is 2.69. The van der Waals surface area contributed by atoms with Crippen molar-refractivity contribution in [3.05, 3.63) is 54.0 Å². The van der Waals surface area contributed by atoms with Gasteiger partial charge in [-0.3, -0.25) is 14.4 Å². The molecule has 136 valence electrons. The zero-order chi connectivity index (χ0) is 18.5. The molecule has 1 aliphatic heterocycles. The van der Waals surface area contributed by atoms with Crippen molar-refractivity contribution in [1.29, 1.82) is 0 Å². The maximum atomic E-state index is 12.4. The van der Waals surface area contributed by atoms with E-state index in [9.17, 15) is 14.4 Å². The number of carbonyl (C=O) groups is 3. The largest absolute Gasteiger partial charge is 0.459 e. The van der Waals surface area contributed by atoms with E-state index < -0.39 is 0 Å². The Morgan fingerprint density at radius 2 is 1.77 bits per heavy atom. The molecule has 7 heteroatoms. The molecule has 1 saturated heterocycles. The van der Waals surface area contributed by atoms with Crippen molar-refractivity contribution in [1.82, 2.24) is 10.2 Å². The Bertz CT molecular complexity index is 776. The van der Waals surface area contributed by atoms with E-state index in [2.05, 4.69) is 10.6 Å². The van der Waals surface area contributed by atoms with Crippen LogP contribution in [0.25, 0.3) is 0 Å². The first kappa shape index (κ1) is 17.7. The van der Waals surface area contributed by atoms with Gasteiger partial charge < -0.3 is 20.0 Å². The number of carbonyl (C=O) groups excluding carboxylic acids is 3. The molecule has 3 amide bonds. The van der Waals surface area contributed by atoms with Crippen molar-refractivity contribution in [2.75, 3.05) is 25.5 Å². The van der Waals surface area contributed by atoms with Crippen molar-refractivity contribution in [3.63, 3.8) is 0 Å². The molecule has 0 unspecified atom stereocenters. The maximum Gasteiger partial charge on any atom is 0.289 e. The smallest absolute Gasteiger partial charge is 0.289 e. The van der Waals surface area contributed by atoms with Gasteiger partial charge in [-0.05, 0) is 49.2 Å². The van der Waals surface area contributed by atoms with E-state index in [0.717, 1.165) is 0 Å². The Hall–Kier alpha value is -3.09. The fraction of sp³-hybridized carbons (Fsp3) is 0.316. The Labute approximate surface area is 151 Å². The molecule has 1 aromatic carbocycles. The van der Waals surface area contributed by atoms with E-state index in [1.165, 1.54) is 6.26 Å². The van der Waals surface area contributed by atoms with Gasteiger partial charge in [-0.2, -0.15) is 0 Å². The van der Waals surface area contributed by atoms with E-state index in [1.807, 2.05) is 0 Å². The second-order valence-electron chi connectivity index (χ2n) is 6.19. The fourth-order valence-electron chi connectivity index (χ4n) is 2.99. The highest BCUT2D eigenvalue weighted by atomic mass is 16.3. The van der Waals surface area contributed by atoms with E-state index in [0.29, 0.717) is 42.9 Å². The van der Waals surface area contributed by atoms with Crippen LogP contribution in [0.3, 0.4) is 0 Å². The van der Waals surface area contributed by atoms with Crippen molar-refractivity contribution >= 4 is 23.4 Å². The van der Waals surface area contributed by atoms with Gasteiger partial charge in [0.25, 0.3) is 11.8 Å². The predicted octanol–water partition coefficient (Wildman–Crippen LogP) is 2.13. The van der Waals surface area contributed by atoms with Crippen molar-refractivity contribution < 1.29 is 18.8 Å². The van der Waals surface area contributed by atoms with Crippen LogP contribution < -0.4 is 10.6 Å². The van der Waals surface area contributed by atoms with E-state index >= 15 is 0 Å². The molecule has 1 fully saturated rings. The first-order valence-electron chi connectivity index (χ1n) is 8.54. The molecule has 0 atom stereocenters. The van der Waals surface area contributed by atoms with Crippen LogP contribution in [0.4, 0.5) is 5.69 Å². The van der Waals surface area contributed by atoms with Crippen molar-refractivity contribution in [3.8, 4) is 0 Å². The van der Waals surface area contributed by atoms with Gasteiger partial charge in [-0.15, -0.1) is 0 Å². The van der Waals surface area contributed by atoms with Gasteiger partial charge in [0.2, 0.25) is 5.91 Å². The Kier molecular flexibility index (Phi) is 5.36. The van der Waals surface area contributed by atoms with Gasteiger partial charge in [-0.25, -0.2) is 0 Å². The molecule has 2 aromatic rings. The molecule has 0 spiro atoms. The van der Waals surface area contributed by atoms with Crippen LogP contribution in [0.1, 0.15) is 33.8 Å². The molecule has 7 nitrogen and oxygen atoms in total. The topological polar surface area (TPSA) is 91.7 Å². The molecular weight excluding hydrogens is 334 g/mol. The van der Waals surface area contributed by atoms with Gasteiger partial charge in [0.15, 0.2) is 5.76 Å². The summed E-state index contributed by atoms with van der Waals surface area (Å²) in [7, 11) is 1.57. The quantitative estimate of drug-likeness (QED) is 0.879. The highest BCUT2D eigenvalue weighted by Gasteiger charge is 2.28. The molecule has 2 N–H and O–H groups in total. The zero-order valence-corrected chi connectivity index (χ0v) is 14.5. The summed E-state index contributed by atoms with van der Waals surface area (Å²) in [5.41, 5.74) is 1.19.